The van der Waals surface area contributed by atoms with Crippen molar-refractivity contribution in [3.05, 3.63) is 89.6 Å². The highest BCUT2D eigenvalue weighted by Gasteiger charge is 2.12. The molecule has 0 radical (unpaired) electrons. The third-order valence-corrected chi connectivity index (χ3v) is 4.52. The Bertz CT molecular complexity index is 949. The standard InChI is InChI=1S/C23H23N3O2/c1-3-26(4-2)21-14-13-19(16-24-21)23(28)25-20-12-8-11-18(15-20)22(27)17-9-6-5-7-10-17/h5-16H,3-4H2,1-2H3,(H,25,28). The molecule has 3 aromatic rings. The van der Waals surface area contributed by atoms with Gasteiger partial charge in [0.25, 0.3) is 5.91 Å². The number of amides is 1. The van der Waals surface area contributed by atoms with Gasteiger partial charge in [0.15, 0.2) is 5.78 Å². The minimum atomic E-state index is -0.261. The Morgan fingerprint density at radius 2 is 1.57 bits per heavy atom. The molecule has 0 saturated heterocycles. The molecule has 1 amide bonds. The van der Waals surface area contributed by atoms with Crippen molar-refractivity contribution in [2.45, 2.75) is 13.8 Å². The van der Waals surface area contributed by atoms with Gasteiger partial charge in [-0.1, -0.05) is 42.5 Å². The normalized spacial score (nSPS) is 10.4. The highest BCUT2D eigenvalue weighted by atomic mass is 16.1. The van der Waals surface area contributed by atoms with E-state index in [0.717, 1.165) is 18.9 Å². The molecule has 1 heterocycles. The maximum atomic E-state index is 12.6. The fourth-order valence-electron chi connectivity index (χ4n) is 2.95. The lowest BCUT2D eigenvalue weighted by atomic mass is 10.0. The summed E-state index contributed by atoms with van der Waals surface area (Å²) < 4.78 is 0. The zero-order valence-corrected chi connectivity index (χ0v) is 16.1. The van der Waals surface area contributed by atoms with Gasteiger partial charge in [-0.25, -0.2) is 4.98 Å². The van der Waals surface area contributed by atoms with Crippen LogP contribution >= 0.6 is 0 Å². The van der Waals surface area contributed by atoms with Crippen molar-refractivity contribution in [1.29, 1.82) is 0 Å². The second-order valence-corrected chi connectivity index (χ2v) is 6.31. The highest BCUT2D eigenvalue weighted by molar-refractivity contribution is 6.10. The summed E-state index contributed by atoms with van der Waals surface area (Å²) in [5.41, 5.74) is 2.18. The monoisotopic (exact) mass is 373 g/mol. The summed E-state index contributed by atoms with van der Waals surface area (Å²) in [7, 11) is 0. The number of benzene rings is 2. The molecular formula is C23H23N3O2. The van der Waals surface area contributed by atoms with Crippen molar-refractivity contribution in [2.75, 3.05) is 23.3 Å². The molecule has 0 aliphatic rings. The Balaban J connectivity index is 1.73. The SMILES string of the molecule is CCN(CC)c1ccc(C(=O)Nc2cccc(C(=O)c3ccccc3)c2)cn1. The molecule has 2 aromatic carbocycles. The first-order valence-corrected chi connectivity index (χ1v) is 9.34. The molecular weight excluding hydrogens is 350 g/mol. The van der Waals surface area contributed by atoms with E-state index in [9.17, 15) is 9.59 Å². The summed E-state index contributed by atoms with van der Waals surface area (Å²) in [6.07, 6.45) is 1.57. The third-order valence-electron chi connectivity index (χ3n) is 4.52. The smallest absolute Gasteiger partial charge is 0.257 e. The molecule has 142 valence electrons. The summed E-state index contributed by atoms with van der Waals surface area (Å²) in [6, 6.07) is 19.6. The average Bonchev–Trinajstić information content (AvgIpc) is 2.75. The molecule has 5 nitrogen and oxygen atoms in total. The zero-order valence-electron chi connectivity index (χ0n) is 16.1. The molecule has 28 heavy (non-hydrogen) atoms. The Morgan fingerprint density at radius 3 is 2.21 bits per heavy atom. The lowest BCUT2D eigenvalue weighted by Gasteiger charge is -2.19. The first-order chi connectivity index (χ1) is 13.6. The number of hydrogen-bond acceptors (Lipinski definition) is 4. The van der Waals surface area contributed by atoms with E-state index >= 15 is 0 Å². The van der Waals surface area contributed by atoms with Crippen molar-refractivity contribution < 1.29 is 9.59 Å². The summed E-state index contributed by atoms with van der Waals surface area (Å²) in [5, 5.41) is 2.84. The van der Waals surface area contributed by atoms with Gasteiger partial charge in [0.05, 0.1) is 5.56 Å². The molecule has 0 aliphatic heterocycles. The largest absolute Gasteiger partial charge is 0.357 e. The Labute approximate surface area is 165 Å². The Kier molecular flexibility index (Phi) is 6.17. The minimum Gasteiger partial charge on any atom is -0.357 e. The van der Waals surface area contributed by atoms with Gasteiger partial charge in [0.1, 0.15) is 5.82 Å². The molecule has 1 aromatic heterocycles. The predicted molar refractivity (Wildman–Crippen MR) is 112 cm³/mol. The van der Waals surface area contributed by atoms with Crippen LogP contribution in [0, 0.1) is 0 Å². The number of nitrogens with zero attached hydrogens (tertiary/aromatic N) is 2. The molecule has 0 bridgehead atoms. The van der Waals surface area contributed by atoms with E-state index < -0.39 is 0 Å². The van der Waals surface area contributed by atoms with E-state index in [4.69, 9.17) is 0 Å². The minimum absolute atomic E-state index is 0.0815. The molecule has 0 atom stereocenters. The van der Waals surface area contributed by atoms with Crippen molar-refractivity contribution in [3.8, 4) is 0 Å². The molecule has 5 heteroatoms. The predicted octanol–water partition coefficient (Wildman–Crippen LogP) is 4.41. The van der Waals surface area contributed by atoms with Crippen molar-refractivity contribution in [1.82, 2.24) is 4.98 Å². The van der Waals surface area contributed by atoms with Crippen LogP contribution in [0.1, 0.15) is 40.1 Å². The lowest BCUT2D eigenvalue weighted by Crippen LogP contribution is -2.23. The van der Waals surface area contributed by atoms with Crippen molar-refractivity contribution in [2.24, 2.45) is 0 Å². The maximum absolute atomic E-state index is 12.6. The molecule has 0 saturated carbocycles. The van der Waals surface area contributed by atoms with Crippen LogP contribution < -0.4 is 10.2 Å². The number of hydrogen-bond donors (Lipinski definition) is 1. The highest BCUT2D eigenvalue weighted by Crippen LogP contribution is 2.17. The Hall–Kier alpha value is -3.47. The van der Waals surface area contributed by atoms with Crippen LogP contribution in [0.2, 0.25) is 0 Å². The summed E-state index contributed by atoms with van der Waals surface area (Å²) in [5.74, 6) is 0.502. The second kappa shape index (κ2) is 8.95. The number of carbonyl (C=O) groups excluding carboxylic acids is 2. The van der Waals surface area contributed by atoms with Crippen LogP contribution in [0.4, 0.5) is 11.5 Å². The summed E-state index contributed by atoms with van der Waals surface area (Å²) in [4.78, 5) is 31.6. The first kappa shape index (κ1) is 19.3. The van der Waals surface area contributed by atoms with E-state index in [1.54, 1.807) is 48.7 Å². The van der Waals surface area contributed by atoms with Gasteiger partial charge in [-0.3, -0.25) is 9.59 Å². The number of nitrogens with one attached hydrogen (secondary N) is 1. The van der Waals surface area contributed by atoms with E-state index in [2.05, 4.69) is 29.0 Å². The van der Waals surface area contributed by atoms with E-state index in [1.807, 2.05) is 24.3 Å². The van der Waals surface area contributed by atoms with Crippen LogP contribution in [-0.4, -0.2) is 29.8 Å². The van der Waals surface area contributed by atoms with Gasteiger partial charge < -0.3 is 10.2 Å². The number of rotatable bonds is 7. The molecule has 0 unspecified atom stereocenters. The third kappa shape index (κ3) is 4.43. The van der Waals surface area contributed by atoms with Gasteiger partial charge >= 0.3 is 0 Å². The molecule has 0 fully saturated rings. The second-order valence-electron chi connectivity index (χ2n) is 6.31. The fourth-order valence-corrected chi connectivity index (χ4v) is 2.95. The van der Waals surface area contributed by atoms with Crippen LogP contribution in [-0.2, 0) is 0 Å². The van der Waals surface area contributed by atoms with Crippen LogP contribution in [0.15, 0.2) is 72.9 Å². The lowest BCUT2D eigenvalue weighted by molar-refractivity contribution is 0.102. The van der Waals surface area contributed by atoms with Crippen LogP contribution in [0.3, 0.4) is 0 Å². The number of anilines is 2. The number of ketones is 1. The molecule has 3 rings (SSSR count). The van der Waals surface area contributed by atoms with E-state index in [1.165, 1.54) is 0 Å². The van der Waals surface area contributed by atoms with Crippen LogP contribution in [0.25, 0.3) is 0 Å². The quantitative estimate of drug-likeness (QED) is 0.623. The molecule has 0 aliphatic carbocycles. The topological polar surface area (TPSA) is 62.3 Å². The van der Waals surface area contributed by atoms with Crippen molar-refractivity contribution in [3.63, 3.8) is 0 Å². The van der Waals surface area contributed by atoms with Gasteiger partial charge in [-0.05, 0) is 38.1 Å². The fraction of sp³-hybridized carbons (Fsp3) is 0.174. The summed E-state index contributed by atoms with van der Waals surface area (Å²) >= 11 is 0. The zero-order chi connectivity index (χ0) is 19.9. The Morgan fingerprint density at radius 1 is 0.857 bits per heavy atom. The molecule has 0 spiro atoms. The first-order valence-electron chi connectivity index (χ1n) is 9.34. The van der Waals surface area contributed by atoms with E-state index in [0.29, 0.717) is 22.4 Å². The van der Waals surface area contributed by atoms with Crippen LogP contribution in [0.5, 0.6) is 0 Å². The molecule has 1 N–H and O–H groups in total. The number of aromatic nitrogens is 1. The van der Waals surface area contributed by atoms with Crippen molar-refractivity contribution >= 4 is 23.2 Å². The number of pyridine rings is 1. The van der Waals surface area contributed by atoms with Gasteiger partial charge in [-0.15, -0.1) is 0 Å². The maximum Gasteiger partial charge on any atom is 0.257 e. The van der Waals surface area contributed by atoms with Gasteiger partial charge in [0, 0.05) is 36.1 Å². The average molecular weight is 373 g/mol. The van der Waals surface area contributed by atoms with Gasteiger partial charge in [-0.2, -0.15) is 0 Å². The number of carbonyl (C=O) groups is 2. The van der Waals surface area contributed by atoms with E-state index in [-0.39, 0.29) is 11.7 Å². The summed E-state index contributed by atoms with van der Waals surface area (Å²) in [6.45, 7) is 5.85. The van der Waals surface area contributed by atoms with Gasteiger partial charge in [0.2, 0.25) is 0 Å².